The second-order valence-corrected chi connectivity index (χ2v) is 5.23. The van der Waals surface area contributed by atoms with E-state index in [0.29, 0.717) is 5.02 Å². The van der Waals surface area contributed by atoms with Crippen LogP contribution in [0.15, 0.2) is 12.1 Å². The number of benzene rings is 1. The summed E-state index contributed by atoms with van der Waals surface area (Å²) in [7, 11) is 0. The number of nitrogens with zero attached hydrogens (tertiary/aromatic N) is 1. The predicted molar refractivity (Wildman–Crippen MR) is 74.5 cm³/mol. The molecule has 0 bridgehead atoms. The molecule has 0 unspecified atom stereocenters. The van der Waals surface area contributed by atoms with E-state index in [2.05, 4.69) is 0 Å². The molecule has 1 aromatic carbocycles. The second kappa shape index (κ2) is 3.95. The number of hydrogen-bond donors (Lipinski definition) is 2. The number of halogens is 1. The molecular formula is C14H14ClN3. The van der Waals surface area contributed by atoms with E-state index in [0.717, 1.165) is 52.5 Å². The smallest absolute Gasteiger partial charge is 0.123 e. The minimum Gasteiger partial charge on any atom is -0.384 e. The van der Waals surface area contributed by atoms with Crippen LogP contribution in [0.25, 0.3) is 10.9 Å². The number of rotatable bonds is 1. The lowest BCUT2D eigenvalue weighted by Crippen LogP contribution is -2.15. The predicted octanol–water partition coefficient (Wildman–Crippen LogP) is 2.97. The molecule has 18 heavy (non-hydrogen) atoms. The summed E-state index contributed by atoms with van der Waals surface area (Å²) in [5, 5.41) is 9.41. The van der Waals surface area contributed by atoms with E-state index in [-0.39, 0.29) is 5.84 Å². The van der Waals surface area contributed by atoms with Gasteiger partial charge in [-0.2, -0.15) is 0 Å². The molecule has 0 amide bonds. The fourth-order valence-electron chi connectivity index (χ4n) is 2.80. The number of aryl methyl sites for hydroxylation is 2. The third-order valence-electron chi connectivity index (χ3n) is 3.54. The number of pyridine rings is 1. The lowest BCUT2D eigenvalue weighted by Gasteiger charge is -2.13. The Balaban J connectivity index is 2.50. The van der Waals surface area contributed by atoms with Gasteiger partial charge in [-0.3, -0.25) is 10.4 Å². The van der Waals surface area contributed by atoms with Crippen LogP contribution in [-0.4, -0.2) is 10.8 Å². The van der Waals surface area contributed by atoms with Crippen molar-refractivity contribution in [1.82, 2.24) is 4.98 Å². The van der Waals surface area contributed by atoms with Gasteiger partial charge in [0.2, 0.25) is 0 Å². The number of nitrogens with two attached hydrogens (primary N) is 1. The number of nitrogens with one attached hydrogen (secondary N) is 1. The molecule has 3 nitrogen and oxygen atoms in total. The van der Waals surface area contributed by atoms with Gasteiger partial charge in [0.05, 0.1) is 5.52 Å². The van der Waals surface area contributed by atoms with E-state index in [4.69, 9.17) is 27.7 Å². The lowest BCUT2D eigenvalue weighted by atomic mass is 9.98. The molecule has 3 N–H and O–H groups in total. The number of hydrogen-bond acceptors (Lipinski definition) is 2. The molecule has 0 saturated heterocycles. The quantitative estimate of drug-likeness (QED) is 0.611. The maximum Gasteiger partial charge on any atom is 0.123 e. The highest BCUT2D eigenvalue weighted by Crippen LogP contribution is 2.32. The Morgan fingerprint density at radius 1 is 1.39 bits per heavy atom. The zero-order valence-corrected chi connectivity index (χ0v) is 10.9. The Morgan fingerprint density at radius 2 is 2.17 bits per heavy atom. The van der Waals surface area contributed by atoms with Crippen molar-refractivity contribution < 1.29 is 0 Å². The number of aromatic nitrogens is 1. The first-order valence-corrected chi connectivity index (χ1v) is 6.41. The van der Waals surface area contributed by atoms with Crippen molar-refractivity contribution in [3.63, 3.8) is 0 Å². The van der Waals surface area contributed by atoms with Crippen LogP contribution in [0.3, 0.4) is 0 Å². The van der Waals surface area contributed by atoms with Crippen molar-refractivity contribution in [3.8, 4) is 0 Å². The number of fused-ring (bicyclic) bond motifs is 2. The van der Waals surface area contributed by atoms with E-state index in [1.54, 1.807) is 0 Å². The Bertz CT molecular complexity index is 677. The van der Waals surface area contributed by atoms with Crippen molar-refractivity contribution in [2.24, 2.45) is 5.73 Å². The third-order valence-corrected chi connectivity index (χ3v) is 3.76. The minimum atomic E-state index is 0.113. The van der Waals surface area contributed by atoms with Gasteiger partial charge in [-0.25, -0.2) is 0 Å². The Hall–Kier alpha value is -1.61. The highest BCUT2D eigenvalue weighted by Gasteiger charge is 2.21. The molecular weight excluding hydrogens is 246 g/mol. The van der Waals surface area contributed by atoms with Crippen LogP contribution in [-0.2, 0) is 12.8 Å². The zero-order valence-electron chi connectivity index (χ0n) is 10.2. The van der Waals surface area contributed by atoms with Crippen LogP contribution in [0, 0.1) is 12.3 Å². The van der Waals surface area contributed by atoms with Crippen LogP contribution in [0.4, 0.5) is 0 Å². The summed E-state index contributed by atoms with van der Waals surface area (Å²) in [4.78, 5) is 4.73. The van der Waals surface area contributed by atoms with E-state index >= 15 is 0 Å². The number of nitrogen functional groups attached to an aromatic ring is 1. The molecule has 0 spiro atoms. The van der Waals surface area contributed by atoms with E-state index in [1.807, 2.05) is 19.1 Å². The zero-order chi connectivity index (χ0) is 12.9. The monoisotopic (exact) mass is 259 g/mol. The van der Waals surface area contributed by atoms with Crippen molar-refractivity contribution in [1.29, 1.82) is 5.41 Å². The average molecular weight is 260 g/mol. The standard InChI is InChI=1S/C14H14ClN3/c1-7-5-8(15)6-10-12(14(16)17)9-3-2-4-11(9)18-13(7)10/h5-6H,2-4H2,1H3,(H3,16,17). The third kappa shape index (κ3) is 1.58. The highest BCUT2D eigenvalue weighted by molar-refractivity contribution is 6.31. The molecule has 0 fully saturated rings. The van der Waals surface area contributed by atoms with Crippen LogP contribution < -0.4 is 5.73 Å². The molecule has 0 atom stereocenters. The van der Waals surface area contributed by atoms with Gasteiger partial charge in [0.25, 0.3) is 0 Å². The van der Waals surface area contributed by atoms with Gasteiger partial charge in [-0.05, 0) is 49.4 Å². The van der Waals surface area contributed by atoms with Gasteiger partial charge in [0.15, 0.2) is 0 Å². The van der Waals surface area contributed by atoms with Crippen LogP contribution in [0.5, 0.6) is 0 Å². The largest absolute Gasteiger partial charge is 0.384 e. The van der Waals surface area contributed by atoms with Crippen LogP contribution in [0.2, 0.25) is 5.02 Å². The Morgan fingerprint density at radius 3 is 2.89 bits per heavy atom. The first-order chi connectivity index (χ1) is 8.58. The maximum atomic E-state index is 7.83. The maximum absolute atomic E-state index is 7.83. The summed E-state index contributed by atoms with van der Waals surface area (Å²) in [5.74, 6) is 0.113. The number of amidine groups is 1. The summed E-state index contributed by atoms with van der Waals surface area (Å²) in [6, 6.07) is 3.77. The Kier molecular flexibility index (Phi) is 2.52. The highest BCUT2D eigenvalue weighted by atomic mass is 35.5. The van der Waals surface area contributed by atoms with Gasteiger partial charge in [0, 0.05) is 21.7 Å². The van der Waals surface area contributed by atoms with Crippen molar-refractivity contribution in [2.45, 2.75) is 26.2 Å². The van der Waals surface area contributed by atoms with Gasteiger partial charge >= 0.3 is 0 Å². The average Bonchev–Trinajstić information content (AvgIpc) is 2.73. The Labute approximate surface area is 110 Å². The summed E-state index contributed by atoms with van der Waals surface area (Å²) in [6.45, 7) is 1.99. The van der Waals surface area contributed by atoms with Crippen LogP contribution in [0.1, 0.15) is 28.8 Å². The molecule has 0 aliphatic heterocycles. The summed E-state index contributed by atoms with van der Waals surface area (Å²) in [6.07, 6.45) is 3.03. The normalized spacial score (nSPS) is 13.9. The van der Waals surface area contributed by atoms with E-state index in [1.165, 1.54) is 0 Å². The van der Waals surface area contributed by atoms with Crippen molar-refractivity contribution in [2.75, 3.05) is 0 Å². The molecule has 1 aromatic heterocycles. The second-order valence-electron chi connectivity index (χ2n) is 4.80. The molecule has 1 aliphatic rings. The summed E-state index contributed by atoms with van der Waals surface area (Å²) >= 11 is 6.11. The summed E-state index contributed by atoms with van der Waals surface area (Å²) in [5.41, 5.74) is 10.8. The van der Waals surface area contributed by atoms with E-state index < -0.39 is 0 Å². The fourth-order valence-corrected chi connectivity index (χ4v) is 3.07. The van der Waals surface area contributed by atoms with Crippen molar-refractivity contribution in [3.05, 3.63) is 39.5 Å². The molecule has 0 saturated carbocycles. The topological polar surface area (TPSA) is 62.8 Å². The van der Waals surface area contributed by atoms with Gasteiger partial charge in [-0.15, -0.1) is 0 Å². The van der Waals surface area contributed by atoms with Gasteiger partial charge in [-0.1, -0.05) is 11.6 Å². The molecule has 2 aromatic rings. The molecule has 1 heterocycles. The molecule has 92 valence electrons. The molecule has 3 rings (SSSR count). The first-order valence-electron chi connectivity index (χ1n) is 6.04. The van der Waals surface area contributed by atoms with E-state index in [9.17, 15) is 0 Å². The fraction of sp³-hybridized carbons (Fsp3) is 0.286. The van der Waals surface area contributed by atoms with Crippen molar-refractivity contribution >= 4 is 28.3 Å². The molecule has 0 radical (unpaired) electrons. The first kappa shape index (κ1) is 11.5. The van der Waals surface area contributed by atoms with Gasteiger partial charge < -0.3 is 5.73 Å². The van der Waals surface area contributed by atoms with Crippen LogP contribution >= 0.6 is 11.6 Å². The minimum absolute atomic E-state index is 0.113. The SMILES string of the molecule is Cc1cc(Cl)cc2c(C(=N)N)c3c(nc12)CCC3. The summed E-state index contributed by atoms with van der Waals surface area (Å²) < 4.78 is 0. The molecule has 4 heteroatoms. The molecule has 1 aliphatic carbocycles. The lowest BCUT2D eigenvalue weighted by molar-refractivity contribution is 0.900. The van der Waals surface area contributed by atoms with Gasteiger partial charge in [0.1, 0.15) is 5.84 Å².